The third-order valence-corrected chi connectivity index (χ3v) is 5.69. The van der Waals surface area contributed by atoms with Crippen molar-refractivity contribution in [3.63, 3.8) is 0 Å². The molecule has 0 spiro atoms. The van der Waals surface area contributed by atoms with Gasteiger partial charge >= 0.3 is 0 Å². The van der Waals surface area contributed by atoms with E-state index in [1.54, 1.807) is 0 Å². The highest BCUT2D eigenvalue weighted by molar-refractivity contribution is 5.86. The van der Waals surface area contributed by atoms with Gasteiger partial charge in [-0.05, 0) is 68.4 Å². The number of fused-ring (bicyclic) bond motifs is 1. The minimum atomic E-state index is 0.353. The van der Waals surface area contributed by atoms with Gasteiger partial charge in [0.25, 0.3) is 0 Å². The average Bonchev–Trinajstić information content (AvgIpc) is 2.66. The summed E-state index contributed by atoms with van der Waals surface area (Å²) in [7, 11) is 0. The summed E-state index contributed by atoms with van der Waals surface area (Å²) in [4.78, 5) is 0. The molecule has 0 heterocycles. The third kappa shape index (κ3) is 1.41. The lowest BCUT2D eigenvalue weighted by Crippen LogP contribution is -2.27. The second-order valence-electron chi connectivity index (χ2n) is 6.81. The SMILES string of the molecule is c1cc2cc3c(cc2cc#1)C1c2ccccc2C3c2ccccc21. The van der Waals surface area contributed by atoms with Crippen molar-refractivity contribution in [1.82, 2.24) is 0 Å². The molecule has 0 N–H and O–H groups in total. The largest absolute Gasteiger partial charge is 0.0696 e. The lowest BCUT2D eigenvalue weighted by molar-refractivity contribution is 0.756. The van der Waals surface area contributed by atoms with Crippen LogP contribution in [0.3, 0.4) is 0 Å². The predicted molar refractivity (Wildman–Crippen MR) is 96.4 cm³/mol. The fourth-order valence-electron chi connectivity index (χ4n) is 4.74. The normalized spacial score (nSPS) is 19.3. The maximum Gasteiger partial charge on any atom is 0.0349 e. The van der Waals surface area contributed by atoms with Gasteiger partial charge in [0.2, 0.25) is 0 Å². The van der Waals surface area contributed by atoms with Gasteiger partial charge in [0.15, 0.2) is 0 Å². The molecule has 110 valence electrons. The number of rotatable bonds is 0. The first-order valence-corrected chi connectivity index (χ1v) is 8.45. The molecular weight excluding hydrogens is 288 g/mol. The summed E-state index contributed by atoms with van der Waals surface area (Å²) in [6.45, 7) is 0. The second kappa shape index (κ2) is 4.28. The first kappa shape index (κ1) is 12.4. The Hall–Kier alpha value is -3.04. The van der Waals surface area contributed by atoms with Crippen LogP contribution in [-0.2, 0) is 0 Å². The first-order valence-electron chi connectivity index (χ1n) is 8.45. The Morgan fingerprint density at radius 2 is 0.875 bits per heavy atom. The van der Waals surface area contributed by atoms with Crippen molar-refractivity contribution < 1.29 is 0 Å². The zero-order valence-electron chi connectivity index (χ0n) is 13.1. The molecule has 0 saturated carbocycles. The Labute approximate surface area is 141 Å². The first-order chi connectivity index (χ1) is 11.9. The minimum Gasteiger partial charge on any atom is -0.0696 e. The molecule has 3 aliphatic carbocycles. The quantitative estimate of drug-likeness (QED) is 0.351. The van der Waals surface area contributed by atoms with E-state index in [4.69, 9.17) is 0 Å². The van der Waals surface area contributed by atoms with Gasteiger partial charge < -0.3 is 0 Å². The Morgan fingerprint density at radius 3 is 1.25 bits per heavy atom. The van der Waals surface area contributed by atoms with E-state index in [2.05, 4.69) is 84.9 Å². The molecule has 0 atom stereocenters. The summed E-state index contributed by atoms with van der Waals surface area (Å²) in [5.74, 6) is 0.706. The van der Waals surface area contributed by atoms with Crippen molar-refractivity contribution >= 4 is 10.8 Å². The van der Waals surface area contributed by atoms with Gasteiger partial charge in [-0.3, -0.25) is 0 Å². The van der Waals surface area contributed by atoms with Crippen LogP contribution in [0.15, 0.2) is 72.8 Å². The summed E-state index contributed by atoms with van der Waals surface area (Å²) in [6, 6.07) is 33.0. The topological polar surface area (TPSA) is 0 Å². The highest BCUT2D eigenvalue weighted by Gasteiger charge is 2.40. The molecule has 0 amide bonds. The molecule has 0 aromatic heterocycles. The zero-order valence-corrected chi connectivity index (χ0v) is 13.1. The van der Waals surface area contributed by atoms with Crippen molar-refractivity contribution in [2.75, 3.05) is 0 Å². The maximum absolute atomic E-state index is 3.10. The third-order valence-electron chi connectivity index (χ3n) is 5.69. The van der Waals surface area contributed by atoms with E-state index in [1.165, 1.54) is 44.2 Å². The minimum absolute atomic E-state index is 0.353. The molecule has 2 bridgehead atoms. The fraction of sp³-hybridized carbons (Fsp3) is 0.0833. The van der Waals surface area contributed by atoms with E-state index >= 15 is 0 Å². The molecule has 0 radical (unpaired) electrons. The second-order valence-corrected chi connectivity index (χ2v) is 6.81. The Kier molecular flexibility index (Phi) is 2.21. The van der Waals surface area contributed by atoms with E-state index in [0.717, 1.165) is 0 Å². The van der Waals surface area contributed by atoms with E-state index < -0.39 is 0 Å². The van der Waals surface area contributed by atoms with Crippen molar-refractivity contribution in [3.05, 3.63) is 118 Å². The molecule has 0 saturated heterocycles. The van der Waals surface area contributed by atoms with E-state index in [1.807, 2.05) is 0 Å². The molecule has 0 nitrogen and oxygen atoms in total. The Bertz CT molecular complexity index is 984. The van der Waals surface area contributed by atoms with Crippen LogP contribution in [0.5, 0.6) is 0 Å². The van der Waals surface area contributed by atoms with Crippen LogP contribution in [0.1, 0.15) is 45.2 Å². The van der Waals surface area contributed by atoms with Crippen LogP contribution < -0.4 is 0 Å². The molecular formula is C24H14. The van der Waals surface area contributed by atoms with E-state index in [0.29, 0.717) is 11.8 Å². The van der Waals surface area contributed by atoms with Crippen LogP contribution >= 0.6 is 0 Å². The highest BCUT2D eigenvalue weighted by Crippen LogP contribution is 2.55. The van der Waals surface area contributed by atoms with Crippen molar-refractivity contribution in [2.45, 2.75) is 11.8 Å². The van der Waals surface area contributed by atoms with E-state index in [-0.39, 0.29) is 0 Å². The van der Waals surface area contributed by atoms with Crippen LogP contribution in [0, 0.1) is 12.1 Å². The van der Waals surface area contributed by atoms with E-state index in [9.17, 15) is 0 Å². The summed E-state index contributed by atoms with van der Waals surface area (Å²) >= 11 is 0. The zero-order chi connectivity index (χ0) is 15.7. The number of hydrogen-bond donors (Lipinski definition) is 0. The average molecular weight is 302 g/mol. The van der Waals surface area contributed by atoms with Gasteiger partial charge in [-0.2, -0.15) is 0 Å². The van der Waals surface area contributed by atoms with Crippen LogP contribution in [0.2, 0.25) is 0 Å². The molecule has 0 unspecified atom stereocenters. The van der Waals surface area contributed by atoms with Crippen molar-refractivity contribution in [3.8, 4) is 0 Å². The predicted octanol–water partition coefficient (Wildman–Crippen LogP) is 5.43. The van der Waals surface area contributed by atoms with Crippen molar-refractivity contribution in [2.24, 2.45) is 0 Å². The van der Waals surface area contributed by atoms with Crippen molar-refractivity contribution in [1.29, 1.82) is 0 Å². The number of benzene rings is 3. The molecule has 0 fully saturated rings. The highest BCUT2D eigenvalue weighted by atomic mass is 14.4. The summed E-state index contributed by atoms with van der Waals surface area (Å²) in [5.41, 5.74) is 8.81. The monoisotopic (exact) mass is 302 g/mol. The van der Waals surface area contributed by atoms with Crippen LogP contribution in [0.4, 0.5) is 0 Å². The molecule has 0 heteroatoms. The smallest absolute Gasteiger partial charge is 0.0349 e. The lowest BCUT2D eigenvalue weighted by Gasteiger charge is -2.42. The standard InChI is InChI=1S/C24H14/c1-2-8-16-14-22-21(13-15(16)7-1)23-17-9-3-5-11-19(17)24(22)20-12-6-4-10-18(20)23/h3-14,23-24H. The van der Waals surface area contributed by atoms with Gasteiger partial charge in [0.1, 0.15) is 0 Å². The Morgan fingerprint density at radius 1 is 0.500 bits per heavy atom. The summed E-state index contributed by atoms with van der Waals surface area (Å²) < 4.78 is 0. The van der Waals surface area contributed by atoms with Gasteiger partial charge in [0, 0.05) is 11.8 Å². The number of hydrogen-bond acceptors (Lipinski definition) is 0. The molecule has 0 aliphatic heterocycles. The fourth-order valence-corrected chi connectivity index (χ4v) is 4.74. The van der Waals surface area contributed by atoms with Gasteiger partial charge in [-0.15, -0.1) is 0 Å². The van der Waals surface area contributed by atoms with Gasteiger partial charge in [-0.25, -0.2) is 0 Å². The molecule has 7 rings (SSSR count). The van der Waals surface area contributed by atoms with Crippen LogP contribution in [-0.4, -0.2) is 0 Å². The van der Waals surface area contributed by atoms with Crippen LogP contribution in [0.25, 0.3) is 10.8 Å². The Balaban J connectivity index is 1.76. The van der Waals surface area contributed by atoms with Gasteiger partial charge in [0.05, 0.1) is 0 Å². The summed E-state index contributed by atoms with van der Waals surface area (Å²) in [5, 5.41) is 2.52. The lowest BCUT2D eigenvalue weighted by atomic mass is 9.61. The molecule has 4 aromatic rings. The maximum atomic E-state index is 3.10. The van der Waals surface area contributed by atoms with Gasteiger partial charge in [-0.1, -0.05) is 60.7 Å². The molecule has 3 aliphatic rings. The summed E-state index contributed by atoms with van der Waals surface area (Å²) in [6.07, 6.45) is 0. The molecule has 4 aromatic carbocycles. The molecule has 24 heavy (non-hydrogen) atoms.